The molecule has 4 nitrogen and oxygen atoms in total. The minimum atomic E-state index is 0.475. The lowest BCUT2D eigenvalue weighted by Gasteiger charge is -2.05. The van der Waals surface area contributed by atoms with Crippen molar-refractivity contribution in [3.05, 3.63) is 35.7 Å². The second kappa shape index (κ2) is 5.63. The fourth-order valence-electron chi connectivity index (χ4n) is 2.58. The number of anilines is 1. The van der Waals surface area contributed by atoms with Gasteiger partial charge < -0.3 is 15.0 Å². The number of methoxy groups -OCH3 is 1. The first kappa shape index (κ1) is 13.7. The third kappa shape index (κ3) is 2.65. The summed E-state index contributed by atoms with van der Waals surface area (Å²) in [6, 6.07) is 8.12. The van der Waals surface area contributed by atoms with Crippen LogP contribution >= 0.6 is 0 Å². The van der Waals surface area contributed by atoms with E-state index >= 15 is 0 Å². The summed E-state index contributed by atoms with van der Waals surface area (Å²) in [4.78, 5) is 4.76. The maximum atomic E-state index is 6.29. The fraction of sp³-hybridized carbons (Fsp3) is 0.353. The molecule has 0 bridgehead atoms. The Morgan fingerprint density at radius 3 is 2.95 bits per heavy atom. The van der Waals surface area contributed by atoms with E-state index in [9.17, 15) is 0 Å². The average Bonchev–Trinajstić information content (AvgIpc) is 3.27. The first-order chi connectivity index (χ1) is 10.2. The Labute approximate surface area is 124 Å². The van der Waals surface area contributed by atoms with Gasteiger partial charge in [0.15, 0.2) is 0 Å². The van der Waals surface area contributed by atoms with Gasteiger partial charge in [0.2, 0.25) is 0 Å². The molecule has 2 N–H and O–H groups in total. The van der Waals surface area contributed by atoms with Crippen LogP contribution in [0.25, 0.3) is 11.3 Å². The fourth-order valence-corrected chi connectivity index (χ4v) is 2.58. The first-order valence-corrected chi connectivity index (χ1v) is 7.12. The van der Waals surface area contributed by atoms with E-state index in [-0.39, 0.29) is 0 Å². The van der Waals surface area contributed by atoms with Gasteiger partial charge in [-0.25, -0.2) is 4.98 Å². The highest BCUT2D eigenvalue weighted by Crippen LogP contribution is 2.42. The van der Waals surface area contributed by atoms with Gasteiger partial charge in [0, 0.05) is 18.6 Å². The molecular formula is C17H19N3O. The number of nitrogens with zero attached hydrogens (tertiary/aromatic N) is 2. The maximum Gasteiger partial charge on any atom is 0.132 e. The molecule has 1 aromatic heterocycles. The zero-order valence-corrected chi connectivity index (χ0v) is 12.2. The Morgan fingerprint density at radius 1 is 1.48 bits per heavy atom. The zero-order chi connectivity index (χ0) is 14.8. The highest BCUT2D eigenvalue weighted by molar-refractivity contribution is 5.71. The summed E-state index contributed by atoms with van der Waals surface area (Å²) in [6.45, 7) is 1.05. The van der Waals surface area contributed by atoms with Crippen molar-refractivity contribution >= 4 is 5.82 Å². The van der Waals surface area contributed by atoms with Crippen LogP contribution in [0.1, 0.15) is 30.1 Å². The molecule has 1 saturated carbocycles. The van der Waals surface area contributed by atoms with Crippen LogP contribution in [0.5, 0.6) is 0 Å². The van der Waals surface area contributed by atoms with Crippen molar-refractivity contribution in [1.29, 1.82) is 0 Å². The minimum Gasteiger partial charge on any atom is -0.383 e. The molecule has 1 aromatic carbocycles. The molecule has 0 aliphatic heterocycles. The summed E-state index contributed by atoms with van der Waals surface area (Å²) >= 11 is 0. The molecule has 2 aromatic rings. The standard InChI is InChI=1S/C17H19N3O/c1-3-9-20-16(18)15(19-17(20)13-7-8-13)14-6-4-5-12(10-14)11-21-2/h1,4-6,10,13H,7-9,11,18H2,2H3. The van der Waals surface area contributed by atoms with Gasteiger partial charge in [-0.05, 0) is 24.5 Å². The van der Waals surface area contributed by atoms with Crippen molar-refractivity contribution in [1.82, 2.24) is 9.55 Å². The van der Waals surface area contributed by atoms with E-state index in [0.717, 1.165) is 22.6 Å². The summed E-state index contributed by atoms with van der Waals surface area (Å²) in [7, 11) is 1.69. The summed E-state index contributed by atoms with van der Waals surface area (Å²) < 4.78 is 7.15. The number of ether oxygens (including phenoxy) is 1. The van der Waals surface area contributed by atoms with Gasteiger partial charge in [0.05, 0.1) is 13.2 Å². The van der Waals surface area contributed by atoms with E-state index in [2.05, 4.69) is 12.0 Å². The van der Waals surface area contributed by atoms with E-state index in [1.165, 1.54) is 12.8 Å². The minimum absolute atomic E-state index is 0.475. The largest absolute Gasteiger partial charge is 0.383 e. The number of benzene rings is 1. The Hall–Kier alpha value is -2.25. The van der Waals surface area contributed by atoms with Crippen molar-refractivity contribution in [3.63, 3.8) is 0 Å². The predicted molar refractivity (Wildman–Crippen MR) is 83.6 cm³/mol. The van der Waals surface area contributed by atoms with Crippen LogP contribution in [0.3, 0.4) is 0 Å². The number of terminal acetylenes is 1. The first-order valence-electron chi connectivity index (χ1n) is 7.12. The number of aromatic nitrogens is 2. The summed E-state index contributed by atoms with van der Waals surface area (Å²) in [5, 5.41) is 0. The summed E-state index contributed by atoms with van der Waals surface area (Å²) in [6.07, 6.45) is 7.80. The van der Waals surface area contributed by atoms with Crippen LogP contribution in [0.15, 0.2) is 24.3 Å². The van der Waals surface area contributed by atoms with Crippen LogP contribution in [-0.4, -0.2) is 16.7 Å². The number of nitrogens with two attached hydrogens (primary N) is 1. The molecule has 0 atom stereocenters. The number of nitrogen functional groups attached to an aromatic ring is 1. The molecule has 3 rings (SSSR count). The SMILES string of the molecule is C#CCn1c(C2CC2)nc(-c2cccc(COC)c2)c1N. The van der Waals surface area contributed by atoms with Gasteiger partial charge in [-0.3, -0.25) is 0 Å². The van der Waals surface area contributed by atoms with Gasteiger partial charge in [0.1, 0.15) is 17.3 Å². The van der Waals surface area contributed by atoms with Gasteiger partial charge in [0.25, 0.3) is 0 Å². The molecule has 21 heavy (non-hydrogen) atoms. The number of rotatable bonds is 5. The van der Waals surface area contributed by atoms with Crippen LogP contribution in [0, 0.1) is 12.3 Å². The quantitative estimate of drug-likeness (QED) is 0.857. The molecule has 108 valence electrons. The lowest BCUT2D eigenvalue weighted by atomic mass is 10.1. The Bertz CT molecular complexity index is 693. The molecule has 1 aliphatic carbocycles. The van der Waals surface area contributed by atoms with Crippen molar-refractivity contribution in [3.8, 4) is 23.6 Å². The molecule has 1 aliphatic rings. The van der Waals surface area contributed by atoms with Gasteiger partial charge in [-0.1, -0.05) is 24.1 Å². The molecular weight excluding hydrogens is 262 g/mol. The highest BCUT2D eigenvalue weighted by Gasteiger charge is 2.30. The van der Waals surface area contributed by atoms with E-state index in [1.807, 2.05) is 22.8 Å². The topological polar surface area (TPSA) is 53.1 Å². The number of hydrogen-bond donors (Lipinski definition) is 1. The molecule has 1 heterocycles. The van der Waals surface area contributed by atoms with Crippen molar-refractivity contribution < 1.29 is 4.74 Å². The smallest absolute Gasteiger partial charge is 0.132 e. The molecule has 4 heteroatoms. The van der Waals surface area contributed by atoms with Crippen molar-refractivity contribution in [2.75, 3.05) is 12.8 Å². The number of hydrogen-bond acceptors (Lipinski definition) is 3. The molecule has 0 spiro atoms. The lowest BCUT2D eigenvalue weighted by molar-refractivity contribution is 0.185. The summed E-state index contributed by atoms with van der Waals surface area (Å²) in [5.41, 5.74) is 9.23. The van der Waals surface area contributed by atoms with Gasteiger partial charge in [-0.2, -0.15) is 0 Å². The van der Waals surface area contributed by atoms with Crippen molar-refractivity contribution in [2.45, 2.75) is 31.9 Å². The summed E-state index contributed by atoms with van der Waals surface area (Å²) in [5.74, 6) is 4.86. The monoisotopic (exact) mass is 281 g/mol. The van der Waals surface area contributed by atoms with Crippen LogP contribution in [0.4, 0.5) is 5.82 Å². The van der Waals surface area contributed by atoms with Crippen LogP contribution < -0.4 is 5.73 Å². The van der Waals surface area contributed by atoms with E-state index in [1.54, 1.807) is 7.11 Å². The van der Waals surface area contributed by atoms with Crippen molar-refractivity contribution in [2.24, 2.45) is 0 Å². The lowest BCUT2D eigenvalue weighted by Crippen LogP contribution is -2.05. The number of imidazole rings is 1. The van der Waals surface area contributed by atoms with E-state index < -0.39 is 0 Å². The average molecular weight is 281 g/mol. The van der Waals surface area contributed by atoms with Crippen LogP contribution in [-0.2, 0) is 17.9 Å². The molecule has 0 unspecified atom stereocenters. The second-order valence-electron chi connectivity index (χ2n) is 5.40. The molecule has 0 amide bonds. The second-order valence-corrected chi connectivity index (χ2v) is 5.40. The van der Waals surface area contributed by atoms with E-state index in [4.69, 9.17) is 21.9 Å². The van der Waals surface area contributed by atoms with E-state index in [0.29, 0.717) is 24.9 Å². The predicted octanol–water partition coefficient (Wildman–Crippen LogP) is 2.79. The molecule has 0 saturated heterocycles. The third-order valence-corrected chi connectivity index (χ3v) is 3.74. The van der Waals surface area contributed by atoms with Crippen LogP contribution in [0.2, 0.25) is 0 Å². The Balaban J connectivity index is 2.04. The Morgan fingerprint density at radius 2 is 2.29 bits per heavy atom. The van der Waals surface area contributed by atoms with Gasteiger partial charge >= 0.3 is 0 Å². The maximum absolute atomic E-state index is 6.29. The molecule has 0 radical (unpaired) electrons. The normalized spacial score (nSPS) is 14.1. The molecule has 1 fully saturated rings. The third-order valence-electron chi connectivity index (χ3n) is 3.74. The Kier molecular flexibility index (Phi) is 3.68. The van der Waals surface area contributed by atoms with Gasteiger partial charge in [-0.15, -0.1) is 6.42 Å². The zero-order valence-electron chi connectivity index (χ0n) is 12.2. The highest BCUT2D eigenvalue weighted by atomic mass is 16.5.